The number of hydrogen-bond acceptors (Lipinski definition) is 0. The Morgan fingerprint density at radius 1 is 1.14 bits per heavy atom. The van der Waals surface area contributed by atoms with Gasteiger partial charge >= 0.3 is 6.18 Å². The maximum absolute atomic E-state index is 14.5. The van der Waals surface area contributed by atoms with Crippen molar-refractivity contribution in [2.24, 2.45) is 5.92 Å². The molecule has 0 saturated carbocycles. The monoisotopic (exact) mass is 386 g/mol. The third-order valence-corrected chi connectivity index (χ3v) is 5.06. The van der Waals surface area contributed by atoms with E-state index in [1.54, 1.807) is 18.2 Å². The minimum atomic E-state index is -4.64. The van der Waals surface area contributed by atoms with Crippen LogP contribution in [0.1, 0.15) is 50.2 Å². The molecule has 2 aromatic rings. The molecule has 1 atom stereocenters. The Balaban J connectivity index is 1.79. The zero-order chi connectivity index (χ0) is 20.1. The van der Waals surface area contributed by atoms with Crippen molar-refractivity contribution in [1.29, 1.82) is 0 Å². The molecule has 2 aromatic carbocycles. The first-order chi connectivity index (χ1) is 13.4. The van der Waals surface area contributed by atoms with Gasteiger partial charge < -0.3 is 0 Å². The predicted octanol–water partition coefficient (Wildman–Crippen LogP) is 7.43. The van der Waals surface area contributed by atoms with Gasteiger partial charge in [0.1, 0.15) is 5.82 Å². The highest BCUT2D eigenvalue weighted by Crippen LogP contribution is 2.28. The summed E-state index contributed by atoms with van der Waals surface area (Å²) >= 11 is 0. The van der Waals surface area contributed by atoms with Gasteiger partial charge in [-0.2, -0.15) is 13.2 Å². The summed E-state index contributed by atoms with van der Waals surface area (Å²) in [6.45, 7) is 2.22. The number of fused-ring (bicyclic) bond motifs is 1. The Morgan fingerprint density at radius 2 is 1.96 bits per heavy atom. The van der Waals surface area contributed by atoms with E-state index in [1.165, 1.54) is 30.9 Å². The number of halogens is 4. The van der Waals surface area contributed by atoms with Gasteiger partial charge in [-0.25, -0.2) is 4.39 Å². The third-order valence-electron chi connectivity index (χ3n) is 5.06. The van der Waals surface area contributed by atoms with Gasteiger partial charge in [-0.15, -0.1) is 0 Å². The van der Waals surface area contributed by atoms with Crippen molar-refractivity contribution >= 4 is 16.8 Å². The summed E-state index contributed by atoms with van der Waals surface area (Å²) in [6, 6.07) is 8.09. The molecule has 0 nitrogen and oxygen atoms in total. The van der Waals surface area contributed by atoms with E-state index in [4.69, 9.17) is 0 Å². The van der Waals surface area contributed by atoms with Crippen molar-refractivity contribution in [2.45, 2.75) is 45.2 Å². The highest BCUT2D eigenvalue weighted by Gasteiger charge is 2.23. The zero-order valence-electron chi connectivity index (χ0n) is 15.7. The molecule has 0 spiro atoms. The standard InChI is InChI=1S/C24H22F4/c1-2-3-17-4-6-18(7-5-17)8-9-19-10-13-22-21(16-19)12-11-20(23(22)25)14-15-24(26,27)28/h6,8-13,16-17H,2-5,7H2,1H3/b9-8+. The fourth-order valence-electron chi connectivity index (χ4n) is 3.58. The molecule has 1 aliphatic carbocycles. The topological polar surface area (TPSA) is 0 Å². The molecule has 0 aromatic heterocycles. The van der Waals surface area contributed by atoms with Crippen molar-refractivity contribution in [1.82, 2.24) is 0 Å². The maximum Gasteiger partial charge on any atom is 0.458 e. The second-order valence-corrected chi connectivity index (χ2v) is 7.20. The van der Waals surface area contributed by atoms with E-state index in [2.05, 4.69) is 19.1 Å². The van der Waals surface area contributed by atoms with E-state index in [0.717, 1.165) is 30.2 Å². The van der Waals surface area contributed by atoms with Gasteiger partial charge in [0.25, 0.3) is 0 Å². The van der Waals surface area contributed by atoms with Crippen LogP contribution in [0.4, 0.5) is 17.6 Å². The van der Waals surface area contributed by atoms with Gasteiger partial charge in [0.15, 0.2) is 0 Å². The molecule has 0 N–H and O–H groups in total. The van der Waals surface area contributed by atoms with Crippen LogP contribution in [-0.4, -0.2) is 6.18 Å². The van der Waals surface area contributed by atoms with Crippen LogP contribution in [0.25, 0.3) is 16.8 Å². The Kier molecular flexibility index (Phi) is 6.24. The molecule has 4 heteroatoms. The average Bonchev–Trinajstić information content (AvgIpc) is 2.66. The number of alkyl halides is 3. The van der Waals surface area contributed by atoms with Crippen LogP contribution in [0.2, 0.25) is 0 Å². The molecule has 28 heavy (non-hydrogen) atoms. The molecule has 1 aliphatic rings. The summed E-state index contributed by atoms with van der Waals surface area (Å²) in [6.07, 6.45) is 7.67. The van der Waals surface area contributed by atoms with Gasteiger partial charge in [-0.1, -0.05) is 67.7 Å². The molecule has 146 valence electrons. The van der Waals surface area contributed by atoms with Crippen LogP contribution < -0.4 is 0 Å². The summed E-state index contributed by atoms with van der Waals surface area (Å²) < 4.78 is 51.1. The lowest BCUT2D eigenvalue weighted by Gasteiger charge is -2.19. The minimum absolute atomic E-state index is 0.248. The summed E-state index contributed by atoms with van der Waals surface area (Å²) in [5.41, 5.74) is 2.00. The van der Waals surface area contributed by atoms with Crippen molar-refractivity contribution < 1.29 is 17.6 Å². The van der Waals surface area contributed by atoms with Gasteiger partial charge in [0, 0.05) is 11.3 Å². The number of hydrogen-bond donors (Lipinski definition) is 0. The van der Waals surface area contributed by atoms with Crippen molar-refractivity contribution in [2.75, 3.05) is 0 Å². The molecule has 0 fully saturated rings. The first kappa shape index (κ1) is 20.2. The highest BCUT2D eigenvalue weighted by molar-refractivity contribution is 5.86. The fraction of sp³-hybridized carbons (Fsp3) is 0.333. The Hall–Kier alpha value is -2.54. The van der Waals surface area contributed by atoms with E-state index in [1.807, 2.05) is 18.1 Å². The molecular weight excluding hydrogens is 364 g/mol. The lowest BCUT2D eigenvalue weighted by atomic mass is 9.86. The lowest BCUT2D eigenvalue weighted by Crippen LogP contribution is -2.04. The summed E-state index contributed by atoms with van der Waals surface area (Å²) in [4.78, 5) is 0. The Labute approximate surface area is 162 Å². The van der Waals surface area contributed by atoms with Crippen molar-refractivity contribution in [3.63, 3.8) is 0 Å². The quantitative estimate of drug-likeness (QED) is 0.378. The normalized spacial score (nSPS) is 17.5. The first-order valence-electron chi connectivity index (χ1n) is 9.55. The average molecular weight is 386 g/mol. The molecule has 0 aliphatic heterocycles. The van der Waals surface area contributed by atoms with E-state index < -0.39 is 12.0 Å². The third kappa shape index (κ3) is 5.25. The second kappa shape index (κ2) is 8.65. The summed E-state index contributed by atoms with van der Waals surface area (Å²) in [7, 11) is 0. The van der Waals surface area contributed by atoms with E-state index in [0.29, 0.717) is 5.39 Å². The fourth-order valence-corrected chi connectivity index (χ4v) is 3.58. The highest BCUT2D eigenvalue weighted by atomic mass is 19.4. The maximum atomic E-state index is 14.5. The summed E-state index contributed by atoms with van der Waals surface area (Å²) in [5.74, 6) is 3.06. The lowest BCUT2D eigenvalue weighted by molar-refractivity contribution is -0.0696. The van der Waals surface area contributed by atoms with E-state index in [9.17, 15) is 17.6 Å². The van der Waals surface area contributed by atoms with Crippen LogP contribution in [0, 0.1) is 23.6 Å². The minimum Gasteiger partial charge on any atom is -0.205 e. The molecule has 1 unspecified atom stereocenters. The molecule has 3 rings (SSSR count). The van der Waals surface area contributed by atoms with Crippen LogP contribution in [-0.2, 0) is 0 Å². The first-order valence-corrected chi connectivity index (χ1v) is 9.55. The molecule has 0 amide bonds. The van der Waals surface area contributed by atoms with Crippen LogP contribution >= 0.6 is 0 Å². The molecule has 0 radical (unpaired) electrons. The molecule has 0 heterocycles. The summed E-state index contributed by atoms with van der Waals surface area (Å²) in [5, 5.41) is 0.906. The van der Waals surface area contributed by atoms with Crippen molar-refractivity contribution in [3.05, 3.63) is 65.0 Å². The smallest absolute Gasteiger partial charge is 0.205 e. The Morgan fingerprint density at radius 3 is 2.64 bits per heavy atom. The van der Waals surface area contributed by atoms with Gasteiger partial charge in [-0.3, -0.25) is 0 Å². The number of allylic oxidation sites excluding steroid dienone is 3. The van der Waals surface area contributed by atoms with Crippen LogP contribution in [0.3, 0.4) is 0 Å². The SMILES string of the molecule is CCCC1CC=C(/C=C/c2ccc3c(F)c(C#CC(F)(F)F)ccc3c2)CC1. The van der Waals surface area contributed by atoms with Gasteiger partial charge in [0.2, 0.25) is 0 Å². The molecular formula is C24H22F4. The van der Waals surface area contributed by atoms with Crippen LogP contribution in [0.15, 0.2) is 48.1 Å². The van der Waals surface area contributed by atoms with Gasteiger partial charge in [0.05, 0.1) is 5.56 Å². The van der Waals surface area contributed by atoms with E-state index in [-0.39, 0.29) is 10.9 Å². The second-order valence-electron chi connectivity index (χ2n) is 7.20. The largest absolute Gasteiger partial charge is 0.458 e. The van der Waals surface area contributed by atoms with Gasteiger partial charge in [-0.05, 0) is 48.3 Å². The number of rotatable bonds is 4. The predicted molar refractivity (Wildman–Crippen MR) is 106 cm³/mol. The zero-order valence-corrected chi connectivity index (χ0v) is 15.7. The number of benzene rings is 2. The Bertz CT molecular complexity index is 968. The van der Waals surface area contributed by atoms with Crippen LogP contribution in [0.5, 0.6) is 0 Å². The molecule has 0 bridgehead atoms. The molecule has 0 saturated heterocycles. The van der Waals surface area contributed by atoms with E-state index >= 15 is 0 Å². The van der Waals surface area contributed by atoms with Crippen molar-refractivity contribution in [3.8, 4) is 11.8 Å².